The molecule has 0 fully saturated rings. The minimum absolute atomic E-state index is 0.0725. The van der Waals surface area contributed by atoms with E-state index < -0.39 is 5.41 Å². The topological polar surface area (TPSA) is 101 Å². The number of nitrogens with two attached hydrogens (primary N) is 1. The Hall–Kier alpha value is -1.63. The zero-order chi connectivity index (χ0) is 13.6. The fourth-order valence-electron chi connectivity index (χ4n) is 1.42. The first-order valence-electron chi connectivity index (χ1n) is 5.69. The van der Waals surface area contributed by atoms with Crippen LogP contribution >= 0.6 is 11.3 Å². The average Bonchev–Trinajstić information content (AvgIpc) is 2.89. The second kappa shape index (κ2) is 6.34. The molecule has 0 aliphatic carbocycles. The van der Waals surface area contributed by atoms with Crippen molar-refractivity contribution >= 4 is 23.1 Å². The van der Waals surface area contributed by atoms with Crippen molar-refractivity contribution in [3.63, 3.8) is 0 Å². The van der Waals surface area contributed by atoms with Crippen molar-refractivity contribution in [2.45, 2.75) is 26.7 Å². The quantitative estimate of drug-likeness (QED) is 0.310. The third-order valence-electron chi connectivity index (χ3n) is 2.99. The molecule has 0 aromatic carbocycles. The van der Waals surface area contributed by atoms with Gasteiger partial charge >= 0.3 is 0 Å². The minimum Gasteiger partial charge on any atom is -0.409 e. The van der Waals surface area contributed by atoms with Crippen molar-refractivity contribution in [2.24, 2.45) is 16.3 Å². The summed E-state index contributed by atoms with van der Waals surface area (Å²) in [6, 6.07) is 0. The van der Waals surface area contributed by atoms with E-state index in [1.54, 1.807) is 24.5 Å². The van der Waals surface area contributed by atoms with E-state index in [1.165, 1.54) is 0 Å². The highest BCUT2D eigenvalue weighted by molar-refractivity contribution is 7.09. The number of rotatable bonds is 6. The van der Waals surface area contributed by atoms with E-state index in [0.29, 0.717) is 19.4 Å². The van der Waals surface area contributed by atoms with Gasteiger partial charge in [0.15, 0.2) is 5.84 Å². The molecule has 0 bridgehead atoms. The highest BCUT2D eigenvalue weighted by Gasteiger charge is 2.36. The van der Waals surface area contributed by atoms with Crippen molar-refractivity contribution in [3.05, 3.63) is 16.6 Å². The molecular formula is C11H18N4O2S. The lowest BCUT2D eigenvalue weighted by Crippen LogP contribution is -2.48. The maximum atomic E-state index is 12.0. The molecule has 1 atom stereocenters. The summed E-state index contributed by atoms with van der Waals surface area (Å²) in [5, 5.41) is 17.3. The summed E-state index contributed by atoms with van der Waals surface area (Å²) < 4.78 is 0. The van der Waals surface area contributed by atoms with E-state index in [2.05, 4.69) is 15.5 Å². The molecule has 0 aliphatic rings. The van der Waals surface area contributed by atoms with Crippen LogP contribution in [0.1, 0.15) is 25.3 Å². The predicted molar refractivity (Wildman–Crippen MR) is 70.6 cm³/mol. The van der Waals surface area contributed by atoms with Gasteiger partial charge in [-0.05, 0) is 13.3 Å². The summed E-state index contributed by atoms with van der Waals surface area (Å²) in [6.45, 7) is 3.96. The molecule has 0 saturated carbocycles. The van der Waals surface area contributed by atoms with Gasteiger partial charge in [0.2, 0.25) is 5.91 Å². The standard InChI is InChI=1S/C11H18N4O2S/c1-3-11(2,9(12)15-17)10(16)14-5-4-8-13-6-7-18-8/h6-7,17H,3-5H2,1-2H3,(H2,12,15)(H,14,16). The van der Waals surface area contributed by atoms with E-state index in [-0.39, 0.29) is 11.7 Å². The van der Waals surface area contributed by atoms with Crippen LogP contribution in [0.25, 0.3) is 0 Å². The highest BCUT2D eigenvalue weighted by Crippen LogP contribution is 2.21. The number of nitrogens with one attached hydrogen (secondary N) is 1. The van der Waals surface area contributed by atoms with E-state index in [0.717, 1.165) is 5.01 Å². The van der Waals surface area contributed by atoms with Gasteiger partial charge in [0.1, 0.15) is 5.41 Å². The first kappa shape index (κ1) is 14.4. The second-order valence-electron chi connectivity index (χ2n) is 4.10. The van der Waals surface area contributed by atoms with Gasteiger partial charge in [0, 0.05) is 24.5 Å². The number of amides is 1. The number of hydrogen-bond donors (Lipinski definition) is 3. The van der Waals surface area contributed by atoms with Crippen molar-refractivity contribution < 1.29 is 10.0 Å². The Morgan fingerprint density at radius 2 is 2.44 bits per heavy atom. The van der Waals surface area contributed by atoms with Crippen molar-refractivity contribution in [2.75, 3.05) is 6.54 Å². The third kappa shape index (κ3) is 3.19. The van der Waals surface area contributed by atoms with E-state index in [1.807, 2.05) is 12.3 Å². The second-order valence-corrected chi connectivity index (χ2v) is 5.08. The van der Waals surface area contributed by atoms with Crippen LogP contribution in [0, 0.1) is 5.41 Å². The fourth-order valence-corrected chi connectivity index (χ4v) is 2.04. The zero-order valence-corrected chi connectivity index (χ0v) is 11.3. The highest BCUT2D eigenvalue weighted by atomic mass is 32.1. The number of oxime groups is 1. The van der Waals surface area contributed by atoms with Gasteiger partial charge in [-0.2, -0.15) is 0 Å². The van der Waals surface area contributed by atoms with Gasteiger partial charge in [0.05, 0.1) is 5.01 Å². The van der Waals surface area contributed by atoms with E-state index >= 15 is 0 Å². The molecule has 0 aliphatic heterocycles. The predicted octanol–water partition coefficient (Wildman–Crippen LogP) is 0.964. The Kier molecular flexibility index (Phi) is 5.08. The molecule has 0 radical (unpaired) electrons. The first-order chi connectivity index (χ1) is 8.54. The molecule has 1 aromatic heterocycles. The fraction of sp³-hybridized carbons (Fsp3) is 0.545. The average molecular weight is 270 g/mol. The van der Waals surface area contributed by atoms with Crippen LogP contribution in [0.3, 0.4) is 0 Å². The molecule has 100 valence electrons. The number of carbonyl (C=O) groups is 1. The largest absolute Gasteiger partial charge is 0.409 e. The maximum Gasteiger partial charge on any atom is 0.233 e. The molecule has 7 heteroatoms. The Bertz CT molecular complexity index is 419. The maximum absolute atomic E-state index is 12.0. The van der Waals surface area contributed by atoms with E-state index in [9.17, 15) is 4.79 Å². The molecule has 6 nitrogen and oxygen atoms in total. The molecule has 1 rings (SSSR count). The molecule has 4 N–H and O–H groups in total. The Morgan fingerprint density at radius 1 is 1.72 bits per heavy atom. The minimum atomic E-state index is -0.975. The van der Waals surface area contributed by atoms with Crippen LogP contribution in [0.5, 0.6) is 0 Å². The van der Waals surface area contributed by atoms with Crippen LogP contribution in [0.4, 0.5) is 0 Å². The smallest absolute Gasteiger partial charge is 0.233 e. The summed E-state index contributed by atoms with van der Waals surface area (Å²) >= 11 is 1.55. The Balaban J connectivity index is 2.53. The number of carbonyl (C=O) groups excluding carboxylic acids is 1. The molecule has 18 heavy (non-hydrogen) atoms. The van der Waals surface area contributed by atoms with Gasteiger partial charge in [-0.15, -0.1) is 11.3 Å². The normalized spacial score (nSPS) is 15.1. The molecule has 1 amide bonds. The molecular weight excluding hydrogens is 252 g/mol. The monoisotopic (exact) mass is 270 g/mol. The summed E-state index contributed by atoms with van der Waals surface area (Å²) in [5.41, 5.74) is 4.58. The van der Waals surface area contributed by atoms with Gasteiger partial charge in [0.25, 0.3) is 0 Å². The zero-order valence-electron chi connectivity index (χ0n) is 10.5. The van der Waals surface area contributed by atoms with E-state index in [4.69, 9.17) is 10.9 Å². The molecule has 1 aromatic rings. The molecule has 1 unspecified atom stereocenters. The lowest BCUT2D eigenvalue weighted by Gasteiger charge is -2.25. The Labute approximate surface area is 110 Å². The van der Waals surface area contributed by atoms with Crippen molar-refractivity contribution in [1.82, 2.24) is 10.3 Å². The van der Waals surface area contributed by atoms with Crippen LogP contribution in [-0.2, 0) is 11.2 Å². The summed E-state index contributed by atoms with van der Waals surface area (Å²) in [5.74, 6) is -0.311. The number of amidine groups is 1. The van der Waals surface area contributed by atoms with Gasteiger partial charge in [-0.3, -0.25) is 4.79 Å². The molecule has 0 spiro atoms. The number of nitrogens with zero attached hydrogens (tertiary/aromatic N) is 2. The third-order valence-corrected chi connectivity index (χ3v) is 3.83. The van der Waals surface area contributed by atoms with Gasteiger partial charge in [-0.1, -0.05) is 12.1 Å². The number of aromatic nitrogens is 1. The van der Waals surface area contributed by atoms with Crippen LogP contribution in [0.15, 0.2) is 16.7 Å². The van der Waals surface area contributed by atoms with Crippen molar-refractivity contribution in [3.8, 4) is 0 Å². The van der Waals surface area contributed by atoms with Gasteiger partial charge in [-0.25, -0.2) is 4.98 Å². The van der Waals surface area contributed by atoms with Crippen LogP contribution < -0.4 is 11.1 Å². The Morgan fingerprint density at radius 3 is 2.94 bits per heavy atom. The SMILES string of the molecule is CCC(C)(C(=O)NCCc1nccs1)/C(N)=N/O. The van der Waals surface area contributed by atoms with Gasteiger partial charge < -0.3 is 16.3 Å². The first-order valence-corrected chi connectivity index (χ1v) is 6.57. The lowest BCUT2D eigenvalue weighted by molar-refractivity contribution is -0.127. The van der Waals surface area contributed by atoms with Crippen molar-refractivity contribution in [1.29, 1.82) is 0 Å². The molecule has 1 heterocycles. The number of thiazole rings is 1. The molecule has 0 saturated heterocycles. The van der Waals surface area contributed by atoms with Crippen LogP contribution in [-0.4, -0.2) is 28.5 Å². The lowest BCUT2D eigenvalue weighted by atomic mass is 9.85. The van der Waals surface area contributed by atoms with Crippen LogP contribution in [0.2, 0.25) is 0 Å². The summed E-state index contributed by atoms with van der Waals surface area (Å²) in [4.78, 5) is 16.2. The summed E-state index contributed by atoms with van der Waals surface area (Å²) in [6.07, 6.45) is 2.87. The summed E-state index contributed by atoms with van der Waals surface area (Å²) in [7, 11) is 0. The number of hydrogen-bond acceptors (Lipinski definition) is 5.